The molecule has 0 spiro atoms. The highest BCUT2D eigenvalue weighted by atomic mass is 16.5. The molecular weight excluding hydrogens is 224 g/mol. The van der Waals surface area contributed by atoms with E-state index in [-0.39, 0.29) is 11.1 Å². The highest BCUT2D eigenvalue weighted by molar-refractivity contribution is 6.08. The number of esters is 2. The van der Waals surface area contributed by atoms with E-state index in [1.54, 1.807) is 19.9 Å². The van der Waals surface area contributed by atoms with Crippen molar-refractivity contribution in [3.05, 3.63) is 34.8 Å². The number of carbonyl (C=O) groups excluding carboxylic acids is 2. The van der Waals surface area contributed by atoms with Crippen LogP contribution in [0.1, 0.15) is 13.8 Å². The third-order valence-electron chi connectivity index (χ3n) is 2.34. The second kappa shape index (κ2) is 5.34. The molecule has 17 heavy (non-hydrogen) atoms. The average Bonchev–Trinajstić information content (AvgIpc) is 2.46. The zero-order valence-electron chi connectivity index (χ0n) is 10.2. The fourth-order valence-electron chi connectivity index (χ4n) is 1.47. The SMILES string of the molecule is COC(=O)C1=C(C)C=COC(C)=C1C(=O)OC. The molecule has 1 aliphatic heterocycles. The summed E-state index contributed by atoms with van der Waals surface area (Å²) in [6, 6.07) is 0. The molecule has 0 aromatic carbocycles. The maximum Gasteiger partial charge on any atom is 0.342 e. The zero-order valence-corrected chi connectivity index (χ0v) is 10.2. The zero-order chi connectivity index (χ0) is 13.0. The molecule has 0 aromatic rings. The van der Waals surface area contributed by atoms with Crippen molar-refractivity contribution in [3.63, 3.8) is 0 Å². The largest absolute Gasteiger partial charge is 0.469 e. The molecule has 0 saturated heterocycles. The lowest BCUT2D eigenvalue weighted by Crippen LogP contribution is -2.17. The number of hydrogen-bond donors (Lipinski definition) is 0. The van der Waals surface area contributed by atoms with Gasteiger partial charge >= 0.3 is 11.9 Å². The molecule has 0 bridgehead atoms. The second-order valence-corrected chi connectivity index (χ2v) is 3.39. The van der Waals surface area contributed by atoms with Crippen molar-refractivity contribution in [2.45, 2.75) is 13.8 Å². The lowest BCUT2D eigenvalue weighted by Gasteiger charge is -2.11. The molecule has 1 rings (SSSR count). The van der Waals surface area contributed by atoms with E-state index in [4.69, 9.17) is 4.74 Å². The van der Waals surface area contributed by atoms with Gasteiger partial charge in [0.2, 0.25) is 0 Å². The van der Waals surface area contributed by atoms with Crippen LogP contribution in [0.25, 0.3) is 0 Å². The van der Waals surface area contributed by atoms with Crippen molar-refractivity contribution in [3.8, 4) is 0 Å². The van der Waals surface area contributed by atoms with Crippen molar-refractivity contribution >= 4 is 11.9 Å². The predicted molar refractivity (Wildman–Crippen MR) is 59.7 cm³/mol. The highest BCUT2D eigenvalue weighted by Gasteiger charge is 2.28. The van der Waals surface area contributed by atoms with Crippen LogP contribution >= 0.6 is 0 Å². The quantitative estimate of drug-likeness (QED) is 0.682. The first kappa shape index (κ1) is 13.0. The Morgan fingerprint density at radius 1 is 1.06 bits per heavy atom. The second-order valence-electron chi connectivity index (χ2n) is 3.39. The molecular formula is C12H14O5. The minimum absolute atomic E-state index is 0.0850. The van der Waals surface area contributed by atoms with Crippen LogP contribution < -0.4 is 0 Å². The van der Waals surface area contributed by atoms with Gasteiger partial charge in [0, 0.05) is 0 Å². The summed E-state index contributed by atoms with van der Waals surface area (Å²) < 4.78 is 14.5. The summed E-state index contributed by atoms with van der Waals surface area (Å²) in [5.41, 5.74) is 0.821. The average molecular weight is 238 g/mol. The molecule has 92 valence electrons. The van der Waals surface area contributed by atoms with E-state index in [0.29, 0.717) is 11.3 Å². The van der Waals surface area contributed by atoms with Crippen molar-refractivity contribution < 1.29 is 23.8 Å². The number of allylic oxidation sites excluding steroid dienone is 3. The topological polar surface area (TPSA) is 61.8 Å². The van der Waals surface area contributed by atoms with Gasteiger partial charge in [0.1, 0.15) is 11.3 Å². The Kier molecular flexibility index (Phi) is 4.09. The van der Waals surface area contributed by atoms with Gasteiger partial charge in [0.05, 0.1) is 26.1 Å². The maximum absolute atomic E-state index is 11.7. The molecule has 0 aromatic heterocycles. The van der Waals surface area contributed by atoms with E-state index in [1.807, 2.05) is 0 Å². The molecule has 0 radical (unpaired) electrons. The first-order valence-electron chi connectivity index (χ1n) is 4.94. The molecule has 0 aliphatic carbocycles. The summed E-state index contributed by atoms with van der Waals surface area (Å²) in [5.74, 6) is -0.936. The molecule has 1 heterocycles. The molecule has 1 aliphatic rings. The molecule has 0 saturated carbocycles. The minimum atomic E-state index is -0.633. The molecule has 0 atom stereocenters. The van der Waals surface area contributed by atoms with Crippen molar-refractivity contribution in [1.29, 1.82) is 0 Å². The Hall–Kier alpha value is -2.04. The van der Waals surface area contributed by atoms with Crippen LogP contribution in [0, 0.1) is 0 Å². The number of carbonyl (C=O) groups is 2. The van der Waals surface area contributed by atoms with E-state index in [9.17, 15) is 9.59 Å². The summed E-state index contributed by atoms with van der Waals surface area (Å²) in [7, 11) is 2.49. The molecule has 5 heteroatoms. The van der Waals surface area contributed by atoms with Crippen LogP contribution in [0.3, 0.4) is 0 Å². The number of hydrogen-bond acceptors (Lipinski definition) is 5. The Morgan fingerprint density at radius 3 is 2.12 bits per heavy atom. The summed E-state index contributed by atoms with van der Waals surface area (Å²) in [5, 5.41) is 0. The molecule has 5 nitrogen and oxygen atoms in total. The molecule has 0 N–H and O–H groups in total. The van der Waals surface area contributed by atoms with Gasteiger partial charge in [-0.1, -0.05) is 0 Å². The fraction of sp³-hybridized carbons (Fsp3) is 0.333. The smallest absolute Gasteiger partial charge is 0.342 e. The normalized spacial score (nSPS) is 15.3. The van der Waals surface area contributed by atoms with Gasteiger partial charge in [-0.05, 0) is 25.5 Å². The minimum Gasteiger partial charge on any atom is -0.469 e. The fourth-order valence-corrected chi connectivity index (χ4v) is 1.47. The summed E-state index contributed by atoms with van der Waals surface area (Å²) in [6.45, 7) is 3.27. The summed E-state index contributed by atoms with van der Waals surface area (Å²) >= 11 is 0. The van der Waals surface area contributed by atoms with Crippen molar-refractivity contribution in [1.82, 2.24) is 0 Å². The third-order valence-corrected chi connectivity index (χ3v) is 2.34. The van der Waals surface area contributed by atoms with Gasteiger partial charge in [-0.2, -0.15) is 0 Å². The van der Waals surface area contributed by atoms with Crippen LogP contribution in [0.15, 0.2) is 34.8 Å². The monoisotopic (exact) mass is 238 g/mol. The Labute approximate surface area is 99.3 Å². The van der Waals surface area contributed by atoms with Crippen molar-refractivity contribution in [2.24, 2.45) is 0 Å². The highest BCUT2D eigenvalue weighted by Crippen LogP contribution is 2.25. The van der Waals surface area contributed by atoms with E-state index >= 15 is 0 Å². The van der Waals surface area contributed by atoms with Crippen LogP contribution in [0.5, 0.6) is 0 Å². The lowest BCUT2D eigenvalue weighted by atomic mass is 10.00. The van der Waals surface area contributed by atoms with Crippen molar-refractivity contribution in [2.75, 3.05) is 14.2 Å². The summed E-state index contributed by atoms with van der Waals surface area (Å²) in [4.78, 5) is 23.4. The van der Waals surface area contributed by atoms with Gasteiger partial charge < -0.3 is 14.2 Å². The number of methoxy groups -OCH3 is 2. The Morgan fingerprint density at radius 2 is 1.59 bits per heavy atom. The van der Waals surface area contributed by atoms with Crippen LogP contribution in [-0.2, 0) is 23.8 Å². The van der Waals surface area contributed by atoms with Gasteiger partial charge in [0.15, 0.2) is 0 Å². The van der Waals surface area contributed by atoms with Gasteiger partial charge in [-0.25, -0.2) is 9.59 Å². The van der Waals surface area contributed by atoms with Crippen LogP contribution in [0.4, 0.5) is 0 Å². The molecule has 0 unspecified atom stereocenters. The molecule has 0 amide bonds. The van der Waals surface area contributed by atoms with E-state index in [0.717, 1.165) is 0 Å². The van der Waals surface area contributed by atoms with E-state index in [1.165, 1.54) is 20.5 Å². The standard InChI is InChI=1S/C12H14O5/c1-7-5-6-17-8(2)10(12(14)16-4)9(7)11(13)15-3/h5-6H,1-4H3. The number of rotatable bonds is 2. The van der Waals surface area contributed by atoms with Crippen LogP contribution in [0.2, 0.25) is 0 Å². The van der Waals surface area contributed by atoms with Crippen LogP contribution in [-0.4, -0.2) is 26.2 Å². The predicted octanol–water partition coefficient (Wildman–Crippen LogP) is 1.47. The van der Waals surface area contributed by atoms with Gasteiger partial charge in [-0.15, -0.1) is 0 Å². The van der Waals surface area contributed by atoms with Gasteiger partial charge in [-0.3, -0.25) is 0 Å². The molecule has 0 fully saturated rings. The maximum atomic E-state index is 11.7. The Balaban J connectivity index is 3.41. The first-order valence-corrected chi connectivity index (χ1v) is 4.94. The van der Waals surface area contributed by atoms with E-state index in [2.05, 4.69) is 9.47 Å². The Bertz CT molecular complexity index is 440. The first-order chi connectivity index (χ1) is 8.02. The van der Waals surface area contributed by atoms with Gasteiger partial charge in [0.25, 0.3) is 0 Å². The lowest BCUT2D eigenvalue weighted by molar-refractivity contribution is -0.139. The van der Waals surface area contributed by atoms with E-state index < -0.39 is 11.9 Å². The third kappa shape index (κ3) is 2.55. The number of ether oxygens (including phenoxy) is 3. The summed E-state index contributed by atoms with van der Waals surface area (Å²) in [6.07, 6.45) is 3.00.